The number of nitrogens with one attached hydrogen (secondary N) is 1. The summed E-state index contributed by atoms with van der Waals surface area (Å²) in [5.41, 5.74) is 5.31. The number of benzene rings is 1. The molecular weight excluding hydrogens is 247 g/mol. The van der Waals surface area contributed by atoms with E-state index in [2.05, 4.69) is 5.32 Å². The third kappa shape index (κ3) is 3.04. The van der Waals surface area contributed by atoms with Crippen LogP contribution < -0.4 is 11.1 Å². The number of hydrogen-bond acceptors (Lipinski definition) is 3. The van der Waals surface area contributed by atoms with Crippen molar-refractivity contribution in [3.8, 4) is 0 Å². The number of anilines is 1. The van der Waals surface area contributed by atoms with Gasteiger partial charge in [-0.05, 0) is 43.9 Å². The molecule has 0 atom stereocenters. The number of carbonyl (C=O) groups excluding carboxylic acids is 1. The van der Waals surface area contributed by atoms with Crippen LogP contribution in [0.1, 0.15) is 25.7 Å². The summed E-state index contributed by atoms with van der Waals surface area (Å²) in [7, 11) is 1.67. The summed E-state index contributed by atoms with van der Waals surface area (Å²) < 4.78 is 18.5. The molecule has 1 fully saturated rings. The standard InChI is InChI=1S/C14H19FN2O2/c1-19-12-5-7-14(8-6-12,13(16)18)17-11-4-2-3-10(15)9-11/h2-4,9,12,17H,5-8H2,1H3,(H2,16,18). The third-order valence-corrected chi connectivity index (χ3v) is 3.80. The molecule has 0 unspecified atom stereocenters. The van der Waals surface area contributed by atoms with E-state index in [1.165, 1.54) is 12.1 Å². The fourth-order valence-corrected chi connectivity index (χ4v) is 2.60. The topological polar surface area (TPSA) is 64.3 Å². The smallest absolute Gasteiger partial charge is 0.243 e. The maximum Gasteiger partial charge on any atom is 0.243 e. The van der Waals surface area contributed by atoms with Crippen LogP contribution in [0.3, 0.4) is 0 Å². The predicted octanol–water partition coefficient (Wildman–Crippen LogP) is 2.05. The molecule has 2 rings (SSSR count). The number of rotatable bonds is 4. The molecule has 0 saturated heterocycles. The highest BCUT2D eigenvalue weighted by atomic mass is 19.1. The summed E-state index contributed by atoms with van der Waals surface area (Å²) in [6, 6.07) is 6.07. The molecule has 19 heavy (non-hydrogen) atoms. The average molecular weight is 266 g/mol. The Morgan fingerprint density at radius 1 is 1.47 bits per heavy atom. The number of primary amides is 1. The van der Waals surface area contributed by atoms with E-state index in [9.17, 15) is 9.18 Å². The van der Waals surface area contributed by atoms with E-state index in [0.29, 0.717) is 18.5 Å². The first kappa shape index (κ1) is 13.8. The molecule has 0 radical (unpaired) electrons. The van der Waals surface area contributed by atoms with Gasteiger partial charge in [0.25, 0.3) is 0 Å². The van der Waals surface area contributed by atoms with Crippen molar-refractivity contribution in [2.45, 2.75) is 37.3 Å². The van der Waals surface area contributed by atoms with Crippen molar-refractivity contribution in [1.82, 2.24) is 0 Å². The van der Waals surface area contributed by atoms with Crippen LogP contribution in [0, 0.1) is 5.82 Å². The zero-order valence-electron chi connectivity index (χ0n) is 11.0. The number of methoxy groups -OCH3 is 1. The lowest BCUT2D eigenvalue weighted by Crippen LogP contribution is -2.53. The molecule has 3 N–H and O–H groups in total. The van der Waals surface area contributed by atoms with E-state index >= 15 is 0 Å². The van der Waals surface area contributed by atoms with Crippen molar-refractivity contribution in [2.24, 2.45) is 5.73 Å². The van der Waals surface area contributed by atoms with E-state index in [0.717, 1.165) is 12.8 Å². The molecule has 0 spiro atoms. The maximum atomic E-state index is 13.2. The van der Waals surface area contributed by atoms with Crippen molar-refractivity contribution in [2.75, 3.05) is 12.4 Å². The van der Waals surface area contributed by atoms with Gasteiger partial charge in [-0.1, -0.05) is 6.07 Å². The molecule has 4 nitrogen and oxygen atoms in total. The molecule has 1 aromatic carbocycles. The van der Waals surface area contributed by atoms with Gasteiger partial charge in [0, 0.05) is 12.8 Å². The van der Waals surface area contributed by atoms with Gasteiger partial charge in [-0.25, -0.2) is 4.39 Å². The summed E-state index contributed by atoms with van der Waals surface area (Å²) >= 11 is 0. The largest absolute Gasteiger partial charge is 0.381 e. The summed E-state index contributed by atoms with van der Waals surface area (Å²) in [6.45, 7) is 0. The summed E-state index contributed by atoms with van der Waals surface area (Å²) in [4.78, 5) is 11.8. The van der Waals surface area contributed by atoms with Gasteiger partial charge in [-0.2, -0.15) is 0 Å². The Hall–Kier alpha value is -1.62. The first-order chi connectivity index (χ1) is 9.05. The van der Waals surface area contributed by atoms with Gasteiger partial charge in [-0.15, -0.1) is 0 Å². The Balaban J connectivity index is 2.15. The number of hydrogen-bond donors (Lipinski definition) is 2. The second-order valence-corrected chi connectivity index (χ2v) is 5.02. The van der Waals surface area contributed by atoms with Crippen LogP contribution in [-0.2, 0) is 9.53 Å². The first-order valence-corrected chi connectivity index (χ1v) is 6.42. The Morgan fingerprint density at radius 3 is 2.68 bits per heavy atom. The second-order valence-electron chi connectivity index (χ2n) is 5.02. The predicted molar refractivity (Wildman–Crippen MR) is 71.2 cm³/mol. The van der Waals surface area contributed by atoms with Gasteiger partial charge in [-0.3, -0.25) is 4.79 Å². The van der Waals surface area contributed by atoms with E-state index in [4.69, 9.17) is 10.5 Å². The van der Waals surface area contributed by atoms with Crippen molar-refractivity contribution < 1.29 is 13.9 Å². The highest BCUT2D eigenvalue weighted by Gasteiger charge is 2.40. The molecule has 104 valence electrons. The third-order valence-electron chi connectivity index (χ3n) is 3.80. The number of halogens is 1. The van der Waals surface area contributed by atoms with Crippen LogP contribution in [0.2, 0.25) is 0 Å². The Kier molecular flexibility index (Phi) is 4.04. The van der Waals surface area contributed by atoms with E-state index < -0.39 is 11.4 Å². The highest BCUT2D eigenvalue weighted by molar-refractivity contribution is 5.88. The van der Waals surface area contributed by atoms with Crippen LogP contribution in [0.15, 0.2) is 24.3 Å². The minimum Gasteiger partial charge on any atom is -0.381 e. The number of ether oxygens (including phenoxy) is 1. The molecule has 0 aromatic heterocycles. The molecule has 1 aromatic rings. The molecule has 5 heteroatoms. The van der Waals surface area contributed by atoms with Crippen LogP contribution >= 0.6 is 0 Å². The maximum absolute atomic E-state index is 13.2. The molecule has 1 amide bonds. The minimum absolute atomic E-state index is 0.168. The van der Waals surface area contributed by atoms with E-state index in [1.54, 1.807) is 19.2 Å². The SMILES string of the molecule is COC1CCC(Nc2cccc(F)c2)(C(N)=O)CC1. The van der Waals surface area contributed by atoms with Crippen molar-refractivity contribution in [3.05, 3.63) is 30.1 Å². The van der Waals surface area contributed by atoms with Crippen LogP contribution in [0.4, 0.5) is 10.1 Å². The molecule has 1 aliphatic rings. The van der Waals surface area contributed by atoms with Crippen molar-refractivity contribution >= 4 is 11.6 Å². The highest BCUT2D eigenvalue weighted by Crippen LogP contribution is 2.33. The fourth-order valence-electron chi connectivity index (χ4n) is 2.60. The van der Waals surface area contributed by atoms with Crippen molar-refractivity contribution in [3.63, 3.8) is 0 Å². The fraction of sp³-hybridized carbons (Fsp3) is 0.500. The monoisotopic (exact) mass is 266 g/mol. The zero-order chi connectivity index (χ0) is 13.9. The van der Waals surface area contributed by atoms with Gasteiger partial charge < -0.3 is 15.8 Å². The lowest BCUT2D eigenvalue weighted by molar-refractivity contribution is -0.124. The molecule has 0 heterocycles. The molecule has 0 aliphatic heterocycles. The summed E-state index contributed by atoms with van der Waals surface area (Å²) in [5, 5.41) is 3.11. The Labute approximate surface area is 112 Å². The Bertz CT molecular complexity index is 457. The molecule has 0 bridgehead atoms. The lowest BCUT2D eigenvalue weighted by atomic mass is 9.79. The van der Waals surface area contributed by atoms with E-state index in [-0.39, 0.29) is 11.9 Å². The number of amides is 1. The summed E-state index contributed by atoms with van der Waals surface area (Å²) in [6.07, 6.45) is 2.89. The normalized spacial score (nSPS) is 26.9. The molecular formula is C14H19FN2O2. The zero-order valence-corrected chi connectivity index (χ0v) is 11.0. The number of carbonyl (C=O) groups is 1. The number of nitrogens with two attached hydrogens (primary N) is 1. The minimum atomic E-state index is -0.803. The van der Waals surface area contributed by atoms with E-state index in [1.807, 2.05) is 0 Å². The van der Waals surface area contributed by atoms with Gasteiger partial charge in [0.15, 0.2) is 0 Å². The van der Waals surface area contributed by atoms with Crippen LogP contribution in [0.5, 0.6) is 0 Å². The van der Waals surface area contributed by atoms with Crippen LogP contribution in [0.25, 0.3) is 0 Å². The summed E-state index contributed by atoms with van der Waals surface area (Å²) in [5.74, 6) is -0.735. The van der Waals surface area contributed by atoms with Gasteiger partial charge >= 0.3 is 0 Å². The van der Waals surface area contributed by atoms with Gasteiger partial charge in [0.05, 0.1) is 6.10 Å². The Morgan fingerprint density at radius 2 is 2.16 bits per heavy atom. The van der Waals surface area contributed by atoms with Crippen LogP contribution in [-0.4, -0.2) is 24.7 Å². The quantitative estimate of drug-likeness (QED) is 0.876. The van der Waals surface area contributed by atoms with Gasteiger partial charge in [0.2, 0.25) is 5.91 Å². The van der Waals surface area contributed by atoms with Gasteiger partial charge in [0.1, 0.15) is 11.4 Å². The average Bonchev–Trinajstić information content (AvgIpc) is 2.39. The first-order valence-electron chi connectivity index (χ1n) is 6.42. The van der Waals surface area contributed by atoms with Crippen molar-refractivity contribution in [1.29, 1.82) is 0 Å². The lowest BCUT2D eigenvalue weighted by Gasteiger charge is -2.38. The molecule has 1 aliphatic carbocycles. The molecule has 1 saturated carbocycles. The second kappa shape index (κ2) is 5.57.